The van der Waals surface area contributed by atoms with Crippen molar-refractivity contribution in [2.75, 3.05) is 31.1 Å². The first-order valence-electron chi connectivity index (χ1n) is 8.62. The van der Waals surface area contributed by atoms with Crippen LogP contribution < -0.4 is 9.80 Å². The van der Waals surface area contributed by atoms with Crippen molar-refractivity contribution < 1.29 is 4.90 Å². The molecule has 1 N–H and O–H groups in total. The second kappa shape index (κ2) is 7.30. The Bertz CT molecular complexity index is 913. The number of nitrogens with zero attached hydrogens (tertiary/aromatic N) is 7. The zero-order chi connectivity index (χ0) is 17.9. The lowest BCUT2D eigenvalue weighted by Gasteiger charge is -2.31. The monoisotopic (exact) mass is 369 g/mol. The maximum atomic E-state index is 5.59. The smallest absolute Gasteiger partial charge is 0.225 e. The van der Waals surface area contributed by atoms with Crippen LogP contribution in [0.5, 0.6) is 0 Å². The minimum atomic E-state index is 0.734. The van der Waals surface area contributed by atoms with Crippen molar-refractivity contribution >= 4 is 18.2 Å². The fraction of sp³-hybridized carbons (Fsp3) is 0.353. The number of anilines is 1. The summed E-state index contributed by atoms with van der Waals surface area (Å²) >= 11 is 5.59. The third kappa shape index (κ3) is 3.35. The number of hydrogen-bond donors (Lipinski definition) is 1. The van der Waals surface area contributed by atoms with Gasteiger partial charge in [-0.3, -0.25) is 4.98 Å². The lowest BCUT2D eigenvalue weighted by Crippen LogP contribution is -3.14. The second-order valence-electron chi connectivity index (χ2n) is 6.34. The molecule has 9 heteroatoms. The minimum absolute atomic E-state index is 0.734. The van der Waals surface area contributed by atoms with Crippen LogP contribution >= 0.6 is 12.2 Å². The van der Waals surface area contributed by atoms with E-state index in [-0.39, 0.29) is 0 Å². The van der Waals surface area contributed by atoms with Gasteiger partial charge in [-0.05, 0) is 30.4 Å². The van der Waals surface area contributed by atoms with E-state index in [1.54, 1.807) is 24.8 Å². The summed E-state index contributed by atoms with van der Waals surface area (Å²) in [5.41, 5.74) is 1.02. The molecule has 134 valence electrons. The van der Waals surface area contributed by atoms with Crippen molar-refractivity contribution in [1.82, 2.24) is 29.3 Å². The number of aromatic nitrogens is 6. The molecule has 0 atom stereocenters. The molecule has 0 radical (unpaired) electrons. The normalized spacial score (nSPS) is 15.3. The van der Waals surface area contributed by atoms with Gasteiger partial charge in [0.2, 0.25) is 10.7 Å². The molecule has 1 fully saturated rings. The van der Waals surface area contributed by atoms with Gasteiger partial charge in [0.15, 0.2) is 12.5 Å². The Morgan fingerprint density at radius 1 is 1.08 bits per heavy atom. The van der Waals surface area contributed by atoms with E-state index in [9.17, 15) is 0 Å². The largest absolute Gasteiger partial charge is 0.330 e. The highest BCUT2D eigenvalue weighted by Gasteiger charge is 2.23. The molecule has 0 aromatic carbocycles. The van der Waals surface area contributed by atoms with Crippen LogP contribution in [0.2, 0.25) is 0 Å². The number of pyridine rings is 1. The summed E-state index contributed by atoms with van der Waals surface area (Å²) in [6, 6.07) is 5.74. The van der Waals surface area contributed by atoms with E-state index >= 15 is 0 Å². The van der Waals surface area contributed by atoms with Crippen LogP contribution in [0.1, 0.15) is 0 Å². The number of quaternary nitrogens is 1. The Labute approximate surface area is 156 Å². The predicted molar refractivity (Wildman–Crippen MR) is 100 cm³/mol. The Balaban J connectivity index is 1.45. The summed E-state index contributed by atoms with van der Waals surface area (Å²) in [6.45, 7) is 4.62. The van der Waals surface area contributed by atoms with E-state index in [4.69, 9.17) is 17.3 Å². The van der Waals surface area contributed by atoms with Gasteiger partial charge in [0.25, 0.3) is 0 Å². The first-order valence-corrected chi connectivity index (χ1v) is 9.03. The summed E-state index contributed by atoms with van der Waals surface area (Å²) in [4.78, 5) is 16.4. The van der Waals surface area contributed by atoms with Crippen LogP contribution in [-0.2, 0) is 13.7 Å². The fourth-order valence-electron chi connectivity index (χ4n) is 3.19. The van der Waals surface area contributed by atoms with Gasteiger partial charge in [0, 0.05) is 37.4 Å². The van der Waals surface area contributed by atoms with Gasteiger partial charge in [-0.1, -0.05) is 0 Å². The lowest BCUT2D eigenvalue weighted by atomic mass is 10.2. The number of piperazine rings is 1. The molecule has 3 aromatic heterocycles. The molecule has 0 unspecified atom stereocenters. The molecule has 4 heterocycles. The average molecular weight is 369 g/mol. The second-order valence-corrected chi connectivity index (χ2v) is 6.71. The van der Waals surface area contributed by atoms with Crippen molar-refractivity contribution in [3.05, 3.63) is 47.8 Å². The molecule has 4 rings (SSSR count). The molecule has 0 bridgehead atoms. The highest BCUT2D eigenvalue weighted by molar-refractivity contribution is 7.71. The third-order valence-electron chi connectivity index (χ3n) is 4.66. The first-order chi connectivity index (χ1) is 12.7. The van der Waals surface area contributed by atoms with Gasteiger partial charge in [0.05, 0.1) is 26.2 Å². The van der Waals surface area contributed by atoms with Gasteiger partial charge in [-0.25, -0.2) is 9.97 Å². The topological polar surface area (TPSA) is 69.1 Å². The molecule has 0 amide bonds. The third-order valence-corrected chi connectivity index (χ3v) is 5.14. The molecule has 0 spiro atoms. The van der Waals surface area contributed by atoms with Crippen LogP contribution in [0.4, 0.5) is 5.95 Å². The van der Waals surface area contributed by atoms with Crippen LogP contribution in [0.3, 0.4) is 0 Å². The quantitative estimate of drug-likeness (QED) is 0.661. The molecule has 0 aliphatic carbocycles. The van der Waals surface area contributed by atoms with Gasteiger partial charge < -0.3 is 14.4 Å². The minimum Gasteiger partial charge on any atom is -0.330 e. The highest BCUT2D eigenvalue weighted by atomic mass is 32.1. The highest BCUT2D eigenvalue weighted by Crippen LogP contribution is 2.15. The summed E-state index contributed by atoms with van der Waals surface area (Å²) in [5, 5.41) is 4.74. The Kier molecular flexibility index (Phi) is 4.72. The summed E-state index contributed by atoms with van der Waals surface area (Å²) in [7, 11) is 1.96. The number of nitrogens with one attached hydrogen (secondary N) is 1. The summed E-state index contributed by atoms with van der Waals surface area (Å²) < 4.78 is 4.62. The average Bonchev–Trinajstić information content (AvgIpc) is 2.98. The number of hydrogen-bond acceptors (Lipinski definition) is 6. The fourth-order valence-corrected chi connectivity index (χ4v) is 3.38. The van der Waals surface area contributed by atoms with Gasteiger partial charge in [-0.2, -0.15) is 4.68 Å². The van der Waals surface area contributed by atoms with Crippen molar-refractivity contribution in [3.8, 4) is 11.4 Å². The maximum Gasteiger partial charge on any atom is 0.225 e. The molecule has 26 heavy (non-hydrogen) atoms. The van der Waals surface area contributed by atoms with E-state index in [1.165, 1.54) is 4.90 Å². The molecule has 1 aliphatic rings. The van der Waals surface area contributed by atoms with Crippen LogP contribution in [-0.4, -0.2) is 55.5 Å². The summed E-state index contributed by atoms with van der Waals surface area (Å²) in [5.74, 6) is 1.68. The zero-order valence-electron chi connectivity index (χ0n) is 14.6. The zero-order valence-corrected chi connectivity index (χ0v) is 15.4. The van der Waals surface area contributed by atoms with E-state index in [0.29, 0.717) is 0 Å². The Morgan fingerprint density at radius 3 is 2.46 bits per heavy atom. The van der Waals surface area contributed by atoms with Crippen LogP contribution in [0.15, 0.2) is 43.0 Å². The molecule has 1 saturated heterocycles. The van der Waals surface area contributed by atoms with Crippen molar-refractivity contribution in [3.63, 3.8) is 0 Å². The molecule has 0 saturated carbocycles. The van der Waals surface area contributed by atoms with Gasteiger partial charge >= 0.3 is 0 Å². The SMILES string of the molecule is Cn1c(-c2ccncc2)nn(C[NH+]2CCN(c3ncccn3)CC2)c1=S. The number of rotatable bonds is 4. The van der Waals surface area contributed by atoms with Crippen LogP contribution in [0, 0.1) is 4.77 Å². The predicted octanol–water partition coefficient (Wildman–Crippen LogP) is 0.166. The Hall–Kier alpha value is -2.65. The lowest BCUT2D eigenvalue weighted by molar-refractivity contribution is -0.924. The molecule has 8 nitrogen and oxygen atoms in total. The maximum absolute atomic E-state index is 5.59. The van der Waals surface area contributed by atoms with Gasteiger partial charge in [-0.15, -0.1) is 5.10 Å². The van der Waals surface area contributed by atoms with E-state index < -0.39 is 0 Å². The molecule has 3 aromatic rings. The van der Waals surface area contributed by atoms with E-state index in [1.807, 2.05) is 34.5 Å². The van der Waals surface area contributed by atoms with Crippen LogP contribution in [0.25, 0.3) is 11.4 Å². The van der Waals surface area contributed by atoms with E-state index in [0.717, 1.165) is 55.0 Å². The molecule has 1 aliphatic heterocycles. The summed E-state index contributed by atoms with van der Waals surface area (Å²) in [6.07, 6.45) is 7.12. The van der Waals surface area contributed by atoms with Gasteiger partial charge in [0.1, 0.15) is 0 Å². The van der Waals surface area contributed by atoms with Crippen molar-refractivity contribution in [1.29, 1.82) is 0 Å². The van der Waals surface area contributed by atoms with Crippen molar-refractivity contribution in [2.45, 2.75) is 6.67 Å². The standard InChI is InChI=1S/C17H20N8S/c1-22-15(14-3-7-18-8-4-14)21-25(17(22)26)13-23-9-11-24(12-10-23)16-19-5-2-6-20-16/h2-8H,9-13H2,1H3/p+1. The molecular formula is C17H21N8S+. The Morgan fingerprint density at radius 2 is 1.77 bits per heavy atom. The first kappa shape index (κ1) is 16.8. The van der Waals surface area contributed by atoms with Crippen molar-refractivity contribution in [2.24, 2.45) is 7.05 Å². The van der Waals surface area contributed by atoms with E-state index in [2.05, 4.69) is 19.9 Å². The molecular weight excluding hydrogens is 348 g/mol.